The Morgan fingerprint density at radius 1 is 1.83 bits per heavy atom. The molecule has 0 amide bonds. The Bertz CT molecular complexity index is 92.2. The van der Waals surface area contributed by atoms with Gasteiger partial charge in [-0.05, 0) is 6.92 Å². The van der Waals surface area contributed by atoms with Gasteiger partial charge in [-0.2, -0.15) is 5.26 Å². The smallest absolute Gasteiger partial charge is 0.111 e. The van der Waals surface area contributed by atoms with E-state index in [9.17, 15) is 0 Å². The molecule has 1 N–H and O–H groups in total. The Morgan fingerprint density at radius 3 is 2.33 bits per heavy atom. The highest BCUT2D eigenvalue weighted by atomic mass is 15.1. The van der Waals surface area contributed by atoms with E-state index in [1.54, 1.807) is 0 Å². The van der Waals surface area contributed by atoms with Gasteiger partial charge in [0, 0.05) is 6.04 Å². The van der Waals surface area contributed by atoms with Crippen LogP contribution in [0.25, 0.3) is 0 Å². The summed E-state index contributed by atoms with van der Waals surface area (Å²) >= 11 is 0. The van der Waals surface area contributed by atoms with Crippen molar-refractivity contribution in [3.8, 4) is 6.07 Å². The Kier molecular flexibility index (Phi) is 0.578. The van der Waals surface area contributed by atoms with Crippen molar-refractivity contribution >= 4 is 0 Å². The molecule has 0 unspecified atom stereocenters. The van der Waals surface area contributed by atoms with Gasteiger partial charge in [0.25, 0.3) is 0 Å². The van der Waals surface area contributed by atoms with Gasteiger partial charge in [0.05, 0.1) is 6.07 Å². The summed E-state index contributed by atoms with van der Waals surface area (Å²) in [5.74, 6) is 0. The minimum Gasteiger partial charge on any atom is -0.295 e. The first-order chi connectivity index (χ1) is 2.84. The Hall–Kier alpha value is -0.550. The zero-order valence-corrected chi connectivity index (χ0v) is 3.60. The Morgan fingerprint density at radius 2 is 2.33 bits per heavy atom. The summed E-state index contributed by atoms with van der Waals surface area (Å²) in [6.07, 6.45) is 0. The highest BCUT2D eigenvalue weighted by molar-refractivity contribution is 5.09. The first kappa shape index (κ1) is 3.63. The zero-order valence-electron chi connectivity index (χ0n) is 3.60. The maximum atomic E-state index is 8.06. The highest BCUT2D eigenvalue weighted by Gasteiger charge is 2.30. The summed E-state index contributed by atoms with van der Waals surface area (Å²) in [7, 11) is 0. The Labute approximate surface area is 36.8 Å². The van der Waals surface area contributed by atoms with Crippen LogP contribution in [0, 0.1) is 11.3 Å². The van der Waals surface area contributed by atoms with Crippen LogP contribution >= 0.6 is 0 Å². The molecule has 1 fully saturated rings. The van der Waals surface area contributed by atoms with Gasteiger partial charge in [-0.1, -0.05) is 0 Å². The summed E-state index contributed by atoms with van der Waals surface area (Å²) in [6, 6.07) is 2.69. The largest absolute Gasteiger partial charge is 0.295 e. The number of nitrogens with zero attached hydrogens (tertiary/aromatic N) is 1. The monoisotopic (exact) mass is 82.1 g/mol. The van der Waals surface area contributed by atoms with Crippen molar-refractivity contribution in [3.63, 3.8) is 0 Å². The third-order valence-electron chi connectivity index (χ3n) is 0.972. The van der Waals surface area contributed by atoms with Crippen LogP contribution in [0.2, 0.25) is 0 Å². The standard InChI is InChI=1S/C4H6N2/c1-3-4(2-5)6-3/h3-4,6H,1H3/t3-,4-/m1/s1. The second-order valence-electron chi connectivity index (χ2n) is 1.56. The fraction of sp³-hybridized carbons (Fsp3) is 0.750. The maximum absolute atomic E-state index is 8.06. The summed E-state index contributed by atoms with van der Waals surface area (Å²) < 4.78 is 0. The second kappa shape index (κ2) is 0.954. The molecule has 0 bridgehead atoms. The van der Waals surface area contributed by atoms with Crippen molar-refractivity contribution in [2.24, 2.45) is 0 Å². The minimum absolute atomic E-state index is 0.157. The van der Waals surface area contributed by atoms with Crippen LogP contribution in [0.1, 0.15) is 6.92 Å². The van der Waals surface area contributed by atoms with E-state index in [1.165, 1.54) is 0 Å². The van der Waals surface area contributed by atoms with Gasteiger partial charge in [-0.3, -0.25) is 5.32 Å². The van der Waals surface area contributed by atoms with Crippen molar-refractivity contribution in [2.45, 2.75) is 19.0 Å². The van der Waals surface area contributed by atoms with Gasteiger partial charge in [0.1, 0.15) is 6.04 Å². The van der Waals surface area contributed by atoms with Crippen LogP contribution in [0.4, 0.5) is 0 Å². The second-order valence-corrected chi connectivity index (χ2v) is 1.56. The van der Waals surface area contributed by atoms with E-state index >= 15 is 0 Å². The molecule has 1 saturated heterocycles. The summed E-state index contributed by atoms with van der Waals surface area (Å²) in [4.78, 5) is 0. The number of nitriles is 1. The van der Waals surface area contributed by atoms with Crippen LogP contribution in [0.5, 0.6) is 0 Å². The van der Waals surface area contributed by atoms with Gasteiger partial charge in [-0.25, -0.2) is 0 Å². The van der Waals surface area contributed by atoms with Gasteiger partial charge in [-0.15, -0.1) is 0 Å². The molecule has 1 aliphatic heterocycles. The molecule has 1 rings (SSSR count). The lowest BCUT2D eigenvalue weighted by Crippen LogP contribution is -1.79. The lowest BCUT2D eigenvalue weighted by molar-refractivity contribution is 1.09. The third kappa shape index (κ3) is 0.373. The lowest BCUT2D eigenvalue weighted by Gasteiger charge is -1.60. The average molecular weight is 82.1 g/mol. The number of hydrogen-bond donors (Lipinski definition) is 1. The average Bonchev–Trinajstić information content (AvgIpc) is 2.19. The molecule has 2 atom stereocenters. The van der Waals surface area contributed by atoms with E-state index in [0.717, 1.165) is 0 Å². The minimum atomic E-state index is 0.157. The molecule has 1 aliphatic rings. The SMILES string of the molecule is C[C@H]1N[C@@H]1C#N. The summed E-state index contributed by atoms with van der Waals surface area (Å²) in [5, 5.41) is 11.0. The van der Waals surface area contributed by atoms with Crippen molar-refractivity contribution in [3.05, 3.63) is 0 Å². The molecule has 2 nitrogen and oxygen atoms in total. The molecule has 0 aliphatic carbocycles. The topological polar surface area (TPSA) is 45.7 Å². The first-order valence-corrected chi connectivity index (χ1v) is 2.00. The molecule has 0 radical (unpaired) electrons. The number of rotatable bonds is 0. The highest BCUT2D eigenvalue weighted by Crippen LogP contribution is 2.05. The van der Waals surface area contributed by atoms with Gasteiger partial charge in [0.2, 0.25) is 0 Å². The van der Waals surface area contributed by atoms with Crippen LogP contribution in [-0.2, 0) is 0 Å². The van der Waals surface area contributed by atoms with E-state index < -0.39 is 0 Å². The van der Waals surface area contributed by atoms with Gasteiger partial charge >= 0.3 is 0 Å². The van der Waals surface area contributed by atoms with E-state index in [2.05, 4.69) is 11.4 Å². The fourth-order valence-corrected chi connectivity index (χ4v) is 0.377. The van der Waals surface area contributed by atoms with E-state index in [1.807, 2.05) is 6.92 Å². The molecule has 0 spiro atoms. The molecule has 0 aromatic carbocycles. The molecule has 6 heavy (non-hydrogen) atoms. The fourth-order valence-electron chi connectivity index (χ4n) is 0.377. The number of hydrogen-bond acceptors (Lipinski definition) is 2. The van der Waals surface area contributed by atoms with Crippen molar-refractivity contribution in [1.82, 2.24) is 5.32 Å². The summed E-state index contributed by atoms with van der Waals surface area (Å²) in [5.41, 5.74) is 0. The number of nitrogens with one attached hydrogen (secondary N) is 1. The molecule has 32 valence electrons. The molecule has 2 heteroatoms. The van der Waals surface area contributed by atoms with Crippen LogP contribution in [-0.4, -0.2) is 12.1 Å². The molecule has 0 saturated carbocycles. The van der Waals surface area contributed by atoms with E-state index in [0.29, 0.717) is 6.04 Å². The van der Waals surface area contributed by atoms with Crippen LogP contribution in [0.15, 0.2) is 0 Å². The molecular formula is C4H6N2. The van der Waals surface area contributed by atoms with E-state index in [-0.39, 0.29) is 6.04 Å². The van der Waals surface area contributed by atoms with E-state index in [4.69, 9.17) is 5.26 Å². The normalized spacial score (nSPS) is 41.3. The van der Waals surface area contributed by atoms with Crippen LogP contribution < -0.4 is 5.32 Å². The van der Waals surface area contributed by atoms with Crippen molar-refractivity contribution in [1.29, 1.82) is 5.26 Å². The first-order valence-electron chi connectivity index (χ1n) is 2.00. The molecular weight excluding hydrogens is 76.1 g/mol. The molecule has 0 aromatic heterocycles. The maximum Gasteiger partial charge on any atom is 0.111 e. The quantitative estimate of drug-likeness (QED) is 0.414. The molecule has 1 heterocycles. The van der Waals surface area contributed by atoms with Gasteiger partial charge in [0.15, 0.2) is 0 Å². The summed E-state index contributed by atoms with van der Waals surface area (Å²) in [6.45, 7) is 1.99. The lowest BCUT2D eigenvalue weighted by atomic mass is 10.4. The van der Waals surface area contributed by atoms with Crippen molar-refractivity contribution < 1.29 is 0 Å². The zero-order chi connectivity index (χ0) is 4.57. The Balaban J connectivity index is 2.31. The third-order valence-corrected chi connectivity index (χ3v) is 0.972. The van der Waals surface area contributed by atoms with Crippen molar-refractivity contribution in [2.75, 3.05) is 0 Å². The van der Waals surface area contributed by atoms with Crippen LogP contribution in [0.3, 0.4) is 0 Å². The molecule has 0 aromatic rings. The predicted octanol–water partition coefficient (Wildman–Crippen LogP) is -0.130. The van der Waals surface area contributed by atoms with Gasteiger partial charge < -0.3 is 0 Å². The predicted molar refractivity (Wildman–Crippen MR) is 22.0 cm³/mol.